The first-order chi connectivity index (χ1) is 18.7. The van der Waals surface area contributed by atoms with Crippen LogP contribution in [0.2, 0.25) is 0 Å². The Labute approximate surface area is 217 Å². The van der Waals surface area contributed by atoms with Crippen LogP contribution in [0.25, 0.3) is 0 Å². The molecule has 11 nitrogen and oxygen atoms in total. The SMILES string of the molecule is O=C(Oc1cccc2c1C(=O)c1c(Oc3cc(F)c([N+](=O)[O-])cc3[N+](=O)[O-])cccc1C2=O)c1ccccc1. The molecular weight excluding hydrogens is 515 g/mol. The quantitative estimate of drug-likeness (QED) is 0.121. The van der Waals surface area contributed by atoms with Gasteiger partial charge in [0.15, 0.2) is 5.78 Å². The lowest BCUT2D eigenvalue weighted by atomic mass is 9.83. The first kappa shape index (κ1) is 24.9. The first-order valence-electron chi connectivity index (χ1n) is 11.1. The average molecular weight is 528 g/mol. The molecule has 192 valence electrons. The van der Waals surface area contributed by atoms with Crippen LogP contribution in [0.5, 0.6) is 17.2 Å². The number of hydrogen-bond acceptors (Lipinski definition) is 9. The summed E-state index contributed by atoms with van der Waals surface area (Å²) in [7, 11) is 0. The monoisotopic (exact) mass is 528 g/mol. The summed E-state index contributed by atoms with van der Waals surface area (Å²) in [5.41, 5.74) is -2.59. The number of nitro benzene ring substituents is 2. The Bertz CT molecular complexity index is 1740. The van der Waals surface area contributed by atoms with Crippen molar-refractivity contribution in [2.75, 3.05) is 0 Å². The number of rotatable bonds is 6. The molecule has 0 saturated heterocycles. The van der Waals surface area contributed by atoms with Crippen LogP contribution in [0.1, 0.15) is 42.2 Å². The molecule has 1 aliphatic carbocycles. The molecule has 0 radical (unpaired) electrons. The molecule has 5 rings (SSSR count). The first-order valence-corrected chi connectivity index (χ1v) is 11.1. The summed E-state index contributed by atoms with van der Waals surface area (Å²) < 4.78 is 25.3. The molecule has 0 spiro atoms. The number of carbonyl (C=O) groups excluding carboxylic acids is 3. The number of nitro groups is 2. The lowest BCUT2D eigenvalue weighted by Crippen LogP contribution is -2.23. The molecule has 0 amide bonds. The molecule has 0 saturated carbocycles. The van der Waals surface area contributed by atoms with Crippen LogP contribution in [-0.2, 0) is 0 Å². The van der Waals surface area contributed by atoms with Crippen molar-refractivity contribution in [3.8, 4) is 17.2 Å². The van der Waals surface area contributed by atoms with E-state index in [1.54, 1.807) is 18.2 Å². The van der Waals surface area contributed by atoms with E-state index in [1.807, 2.05) is 0 Å². The highest BCUT2D eigenvalue weighted by atomic mass is 19.1. The fourth-order valence-corrected chi connectivity index (χ4v) is 4.10. The van der Waals surface area contributed by atoms with Gasteiger partial charge in [0.25, 0.3) is 0 Å². The summed E-state index contributed by atoms with van der Waals surface area (Å²) in [4.78, 5) is 60.1. The van der Waals surface area contributed by atoms with Crippen LogP contribution in [0, 0.1) is 26.0 Å². The Hall–Kier alpha value is -5.78. The maximum absolute atomic E-state index is 14.3. The Morgan fingerprint density at radius 3 is 1.90 bits per heavy atom. The molecule has 4 aromatic rings. The third-order valence-electron chi connectivity index (χ3n) is 5.85. The van der Waals surface area contributed by atoms with Gasteiger partial charge in [-0.2, -0.15) is 4.39 Å². The lowest BCUT2D eigenvalue weighted by Gasteiger charge is -2.21. The Kier molecular flexibility index (Phi) is 6.12. The van der Waals surface area contributed by atoms with Gasteiger partial charge in [0.2, 0.25) is 17.3 Å². The van der Waals surface area contributed by atoms with E-state index >= 15 is 0 Å². The van der Waals surface area contributed by atoms with Gasteiger partial charge in [0, 0.05) is 17.2 Å². The molecule has 1 aliphatic rings. The number of ketones is 2. The van der Waals surface area contributed by atoms with E-state index in [1.165, 1.54) is 48.5 Å². The van der Waals surface area contributed by atoms with E-state index in [0.717, 1.165) is 0 Å². The molecule has 0 aliphatic heterocycles. The standard InChI is InChI=1S/C27H13FN2O9/c28-17-12-22(19(30(36)37)13-18(17)29(34)35)38-20-10-4-8-15-23(20)26(32)24-16(25(15)31)9-5-11-21(24)39-27(33)14-6-2-1-3-7-14/h1-13H. The number of carbonyl (C=O) groups is 3. The number of hydrogen-bond donors (Lipinski definition) is 0. The van der Waals surface area contributed by atoms with Crippen molar-refractivity contribution in [2.45, 2.75) is 0 Å². The molecule has 0 bridgehead atoms. The Morgan fingerprint density at radius 1 is 0.692 bits per heavy atom. The number of ether oxygens (including phenoxy) is 2. The van der Waals surface area contributed by atoms with Gasteiger partial charge in [0.1, 0.15) is 17.6 Å². The molecule has 0 atom stereocenters. The zero-order valence-corrected chi connectivity index (χ0v) is 19.5. The molecule has 0 heterocycles. The third-order valence-corrected chi connectivity index (χ3v) is 5.85. The van der Waals surface area contributed by atoms with E-state index < -0.39 is 50.3 Å². The van der Waals surface area contributed by atoms with Crippen LogP contribution in [0.3, 0.4) is 0 Å². The van der Waals surface area contributed by atoms with Gasteiger partial charge in [-0.15, -0.1) is 0 Å². The van der Waals surface area contributed by atoms with E-state index in [0.29, 0.717) is 12.1 Å². The molecule has 0 aromatic heterocycles. The second-order valence-electron chi connectivity index (χ2n) is 8.16. The maximum Gasteiger partial charge on any atom is 0.343 e. The van der Waals surface area contributed by atoms with E-state index in [4.69, 9.17) is 9.47 Å². The molecular formula is C27H13FN2O9. The van der Waals surface area contributed by atoms with Crippen molar-refractivity contribution < 1.29 is 38.1 Å². The van der Waals surface area contributed by atoms with E-state index in [9.17, 15) is 39.0 Å². The number of esters is 1. The molecule has 4 aromatic carbocycles. The minimum atomic E-state index is -1.41. The average Bonchev–Trinajstić information content (AvgIpc) is 2.91. The lowest BCUT2D eigenvalue weighted by molar-refractivity contribution is -0.396. The summed E-state index contributed by atoms with van der Waals surface area (Å²) in [6, 6.07) is 16.8. The fourth-order valence-electron chi connectivity index (χ4n) is 4.10. The van der Waals surface area contributed by atoms with Crippen molar-refractivity contribution in [3.63, 3.8) is 0 Å². The minimum Gasteiger partial charge on any atom is -0.449 e. The zero-order chi connectivity index (χ0) is 27.8. The number of nitrogens with zero attached hydrogens (tertiary/aromatic N) is 2. The highest BCUT2D eigenvalue weighted by Gasteiger charge is 2.36. The van der Waals surface area contributed by atoms with Crippen LogP contribution in [0.4, 0.5) is 15.8 Å². The highest BCUT2D eigenvalue weighted by Crippen LogP contribution is 2.41. The maximum atomic E-state index is 14.3. The number of benzene rings is 4. The fraction of sp³-hybridized carbons (Fsp3) is 0. The number of fused-ring (bicyclic) bond motifs is 2. The van der Waals surface area contributed by atoms with Gasteiger partial charge >= 0.3 is 17.3 Å². The second-order valence-corrected chi connectivity index (χ2v) is 8.16. The van der Waals surface area contributed by atoms with Crippen molar-refractivity contribution in [1.82, 2.24) is 0 Å². The van der Waals surface area contributed by atoms with Crippen molar-refractivity contribution >= 4 is 28.9 Å². The molecule has 39 heavy (non-hydrogen) atoms. The van der Waals surface area contributed by atoms with Crippen LogP contribution in [0.15, 0.2) is 78.9 Å². The van der Waals surface area contributed by atoms with Gasteiger partial charge in [-0.1, -0.05) is 42.5 Å². The molecule has 12 heteroatoms. The van der Waals surface area contributed by atoms with Gasteiger partial charge in [-0.25, -0.2) is 4.79 Å². The normalized spacial score (nSPS) is 11.8. The smallest absolute Gasteiger partial charge is 0.343 e. The molecule has 0 unspecified atom stereocenters. The third kappa shape index (κ3) is 4.35. The largest absolute Gasteiger partial charge is 0.449 e. The minimum absolute atomic E-state index is 0.0460. The summed E-state index contributed by atoms with van der Waals surface area (Å²) in [6.45, 7) is 0. The number of halogens is 1. The van der Waals surface area contributed by atoms with Crippen molar-refractivity contribution in [3.05, 3.63) is 133 Å². The highest BCUT2D eigenvalue weighted by molar-refractivity contribution is 6.30. The summed E-state index contributed by atoms with van der Waals surface area (Å²) >= 11 is 0. The Balaban J connectivity index is 1.60. The predicted molar refractivity (Wildman–Crippen MR) is 131 cm³/mol. The van der Waals surface area contributed by atoms with Crippen LogP contribution in [-0.4, -0.2) is 27.4 Å². The van der Waals surface area contributed by atoms with E-state index in [2.05, 4.69) is 0 Å². The van der Waals surface area contributed by atoms with Gasteiger partial charge in [-0.3, -0.25) is 29.8 Å². The Morgan fingerprint density at radius 2 is 1.28 bits per heavy atom. The predicted octanol–water partition coefficient (Wildman–Crippen LogP) is 5.43. The topological polar surface area (TPSA) is 156 Å². The second kappa shape index (κ2) is 9.59. The molecule has 0 fully saturated rings. The zero-order valence-electron chi connectivity index (χ0n) is 19.5. The summed E-state index contributed by atoms with van der Waals surface area (Å²) in [5.74, 6) is -4.88. The van der Waals surface area contributed by atoms with Crippen molar-refractivity contribution in [1.29, 1.82) is 0 Å². The van der Waals surface area contributed by atoms with Crippen molar-refractivity contribution in [2.24, 2.45) is 0 Å². The van der Waals surface area contributed by atoms with Gasteiger partial charge in [0.05, 0.1) is 26.5 Å². The van der Waals surface area contributed by atoms with Gasteiger partial charge in [-0.05, 0) is 24.3 Å². The summed E-state index contributed by atoms with van der Waals surface area (Å²) in [6.07, 6.45) is 0. The van der Waals surface area contributed by atoms with E-state index in [-0.39, 0.29) is 39.3 Å². The summed E-state index contributed by atoms with van der Waals surface area (Å²) in [5, 5.41) is 22.6. The van der Waals surface area contributed by atoms with Crippen LogP contribution < -0.4 is 9.47 Å². The molecule has 0 N–H and O–H groups in total. The van der Waals surface area contributed by atoms with Gasteiger partial charge < -0.3 is 9.47 Å². The van der Waals surface area contributed by atoms with Crippen LogP contribution >= 0.6 is 0 Å².